The Balaban J connectivity index is 2.20. The molecule has 0 aliphatic carbocycles. The maximum Gasteiger partial charge on any atom is 0.374 e. The molecule has 0 atom stereocenters. The van der Waals surface area contributed by atoms with Gasteiger partial charge < -0.3 is 4.74 Å². The van der Waals surface area contributed by atoms with Gasteiger partial charge in [0, 0.05) is 0 Å². The second-order valence-electron chi connectivity index (χ2n) is 5.05. The summed E-state index contributed by atoms with van der Waals surface area (Å²) < 4.78 is 6.42. The molecular weight excluding hydrogens is 292 g/mol. The van der Waals surface area contributed by atoms with Crippen LogP contribution in [0.25, 0.3) is 10.9 Å². The SMILES string of the molecule is CCOC(=O)c1nc2ccccc2c(=O)n1Cc1ccccc1. The van der Waals surface area contributed by atoms with Crippen molar-refractivity contribution in [1.29, 1.82) is 0 Å². The number of fused-ring (bicyclic) bond motifs is 1. The van der Waals surface area contributed by atoms with Crippen molar-refractivity contribution in [3.63, 3.8) is 0 Å². The molecule has 0 bridgehead atoms. The van der Waals surface area contributed by atoms with E-state index in [1.807, 2.05) is 30.3 Å². The van der Waals surface area contributed by atoms with Crippen molar-refractivity contribution < 1.29 is 9.53 Å². The number of esters is 1. The van der Waals surface area contributed by atoms with E-state index in [9.17, 15) is 9.59 Å². The summed E-state index contributed by atoms with van der Waals surface area (Å²) in [5, 5.41) is 0.483. The van der Waals surface area contributed by atoms with Crippen LogP contribution in [0.4, 0.5) is 0 Å². The third-order valence-electron chi connectivity index (χ3n) is 3.50. The zero-order valence-corrected chi connectivity index (χ0v) is 12.7. The number of aromatic nitrogens is 2. The standard InChI is InChI=1S/C18H16N2O3/c1-2-23-18(22)16-19-15-11-7-6-10-14(15)17(21)20(16)12-13-8-4-3-5-9-13/h3-11H,2,12H2,1H3. The quantitative estimate of drug-likeness (QED) is 0.695. The second-order valence-corrected chi connectivity index (χ2v) is 5.05. The molecule has 1 aromatic heterocycles. The Kier molecular flexibility index (Phi) is 4.19. The van der Waals surface area contributed by atoms with E-state index in [4.69, 9.17) is 4.74 Å². The first-order chi connectivity index (χ1) is 11.2. The largest absolute Gasteiger partial charge is 0.460 e. The van der Waals surface area contributed by atoms with Gasteiger partial charge in [-0.05, 0) is 24.6 Å². The molecule has 0 saturated heterocycles. The van der Waals surface area contributed by atoms with Crippen LogP contribution in [0.15, 0.2) is 59.4 Å². The lowest BCUT2D eigenvalue weighted by atomic mass is 10.2. The van der Waals surface area contributed by atoms with Crippen LogP contribution >= 0.6 is 0 Å². The molecule has 0 N–H and O–H groups in total. The van der Waals surface area contributed by atoms with Gasteiger partial charge in [-0.3, -0.25) is 9.36 Å². The molecule has 5 heteroatoms. The molecule has 3 rings (SSSR count). The highest BCUT2D eigenvalue weighted by atomic mass is 16.5. The van der Waals surface area contributed by atoms with Gasteiger partial charge in [-0.1, -0.05) is 42.5 Å². The van der Waals surface area contributed by atoms with E-state index in [0.717, 1.165) is 5.56 Å². The first-order valence-corrected chi connectivity index (χ1v) is 7.41. The third-order valence-corrected chi connectivity index (χ3v) is 3.50. The van der Waals surface area contributed by atoms with Crippen LogP contribution in [0.2, 0.25) is 0 Å². The highest BCUT2D eigenvalue weighted by Gasteiger charge is 2.18. The molecule has 0 fully saturated rings. The van der Waals surface area contributed by atoms with E-state index in [0.29, 0.717) is 10.9 Å². The van der Waals surface area contributed by atoms with Gasteiger partial charge in [0.25, 0.3) is 5.56 Å². The van der Waals surface area contributed by atoms with Crippen LogP contribution in [0.3, 0.4) is 0 Å². The normalized spacial score (nSPS) is 10.7. The summed E-state index contributed by atoms with van der Waals surface area (Å²) in [4.78, 5) is 29.3. The topological polar surface area (TPSA) is 61.2 Å². The summed E-state index contributed by atoms with van der Waals surface area (Å²) >= 11 is 0. The number of nitrogens with zero attached hydrogens (tertiary/aromatic N) is 2. The van der Waals surface area contributed by atoms with Crippen LogP contribution in [-0.4, -0.2) is 22.1 Å². The number of carbonyl (C=O) groups is 1. The van der Waals surface area contributed by atoms with E-state index in [2.05, 4.69) is 4.98 Å². The fourth-order valence-corrected chi connectivity index (χ4v) is 2.43. The molecular formula is C18H16N2O3. The van der Waals surface area contributed by atoms with Gasteiger partial charge in [0.2, 0.25) is 5.82 Å². The fraction of sp³-hybridized carbons (Fsp3) is 0.167. The minimum absolute atomic E-state index is 0.0272. The highest BCUT2D eigenvalue weighted by molar-refractivity contribution is 5.89. The maximum absolute atomic E-state index is 12.8. The van der Waals surface area contributed by atoms with Crippen LogP contribution in [0.5, 0.6) is 0 Å². The number of carbonyl (C=O) groups excluding carboxylic acids is 1. The molecule has 2 aromatic carbocycles. The molecule has 1 heterocycles. The summed E-state index contributed by atoms with van der Waals surface area (Å²) in [6.45, 7) is 2.22. The Labute approximate surface area is 133 Å². The Hall–Kier alpha value is -2.95. The van der Waals surface area contributed by atoms with Crippen molar-refractivity contribution in [3.8, 4) is 0 Å². The minimum Gasteiger partial charge on any atom is -0.460 e. The lowest BCUT2D eigenvalue weighted by Gasteiger charge is -2.12. The average molecular weight is 308 g/mol. The number of benzene rings is 2. The second kappa shape index (κ2) is 6.44. The number of ether oxygens (including phenoxy) is 1. The van der Waals surface area contributed by atoms with E-state index in [1.54, 1.807) is 31.2 Å². The summed E-state index contributed by atoms with van der Waals surface area (Å²) in [7, 11) is 0. The van der Waals surface area contributed by atoms with Crippen molar-refractivity contribution in [2.75, 3.05) is 6.61 Å². The van der Waals surface area contributed by atoms with Gasteiger partial charge in [0.05, 0.1) is 24.1 Å². The van der Waals surface area contributed by atoms with Crippen LogP contribution in [-0.2, 0) is 11.3 Å². The van der Waals surface area contributed by atoms with Gasteiger partial charge in [-0.2, -0.15) is 0 Å². The van der Waals surface area contributed by atoms with Crippen molar-refractivity contribution in [2.24, 2.45) is 0 Å². The van der Waals surface area contributed by atoms with Gasteiger partial charge in [0.15, 0.2) is 0 Å². The lowest BCUT2D eigenvalue weighted by molar-refractivity contribution is 0.0505. The van der Waals surface area contributed by atoms with E-state index in [-0.39, 0.29) is 24.5 Å². The zero-order valence-electron chi connectivity index (χ0n) is 12.7. The molecule has 0 spiro atoms. The number of hydrogen-bond donors (Lipinski definition) is 0. The Bertz CT molecular complexity index is 901. The molecule has 0 unspecified atom stereocenters. The Morgan fingerprint density at radius 1 is 1.09 bits per heavy atom. The van der Waals surface area contributed by atoms with E-state index in [1.165, 1.54) is 4.57 Å². The number of rotatable bonds is 4. The van der Waals surface area contributed by atoms with Crippen molar-refractivity contribution in [2.45, 2.75) is 13.5 Å². The summed E-state index contributed by atoms with van der Waals surface area (Å²) in [6.07, 6.45) is 0. The minimum atomic E-state index is -0.591. The molecule has 0 aliphatic heterocycles. The van der Waals surface area contributed by atoms with Crippen molar-refractivity contribution in [1.82, 2.24) is 9.55 Å². The molecule has 0 amide bonds. The molecule has 3 aromatic rings. The van der Waals surface area contributed by atoms with E-state index < -0.39 is 5.97 Å². The maximum atomic E-state index is 12.8. The summed E-state index contributed by atoms with van der Waals surface area (Å²) in [5.41, 5.74) is 1.16. The molecule has 0 aliphatic rings. The molecule has 0 radical (unpaired) electrons. The predicted octanol–water partition coefficient (Wildman–Crippen LogP) is 2.62. The molecule has 5 nitrogen and oxygen atoms in total. The molecule has 0 saturated carbocycles. The van der Waals surface area contributed by atoms with Gasteiger partial charge in [0.1, 0.15) is 0 Å². The fourth-order valence-electron chi connectivity index (χ4n) is 2.43. The predicted molar refractivity (Wildman–Crippen MR) is 87.5 cm³/mol. The monoisotopic (exact) mass is 308 g/mol. The highest BCUT2D eigenvalue weighted by Crippen LogP contribution is 2.11. The first-order valence-electron chi connectivity index (χ1n) is 7.41. The number of para-hydroxylation sites is 1. The number of hydrogen-bond acceptors (Lipinski definition) is 4. The average Bonchev–Trinajstić information content (AvgIpc) is 2.58. The van der Waals surface area contributed by atoms with E-state index >= 15 is 0 Å². The van der Waals surface area contributed by atoms with Gasteiger partial charge >= 0.3 is 5.97 Å². The lowest BCUT2D eigenvalue weighted by Crippen LogP contribution is -2.29. The summed E-state index contributed by atoms with van der Waals surface area (Å²) in [6, 6.07) is 16.5. The molecule has 23 heavy (non-hydrogen) atoms. The van der Waals surface area contributed by atoms with Crippen LogP contribution in [0, 0.1) is 0 Å². The summed E-state index contributed by atoms with van der Waals surface area (Å²) in [5.74, 6) is -0.564. The van der Waals surface area contributed by atoms with Crippen LogP contribution in [0.1, 0.15) is 23.1 Å². The van der Waals surface area contributed by atoms with Crippen LogP contribution < -0.4 is 5.56 Å². The Morgan fingerprint density at radius 3 is 2.52 bits per heavy atom. The van der Waals surface area contributed by atoms with Gasteiger partial charge in [-0.25, -0.2) is 9.78 Å². The first kappa shape index (κ1) is 15.0. The van der Waals surface area contributed by atoms with Crippen molar-refractivity contribution in [3.05, 3.63) is 76.3 Å². The van der Waals surface area contributed by atoms with Crippen molar-refractivity contribution >= 4 is 16.9 Å². The molecule has 116 valence electrons. The third kappa shape index (κ3) is 2.99. The smallest absolute Gasteiger partial charge is 0.374 e. The Morgan fingerprint density at radius 2 is 1.78 bits per heavy atom. The zero-order chi connectivity index (χ0) is 16.2. The van der Waals surface area contributed by atoms with Gasteiger partial charge in [-0.15, -0.1) is 0 Å².